The Morgan fingerprint density at radius 1 is 1.42 bits per heavy atom. The van der Waals surface area contributed by atoms with Crippen molar-refractivity contribution in [3.05, 3.63) is 40.5 Å². The lowest BCUT2D eigenvalue weighted by molar-refractivity contribution is 0.779. The fourth-order valence-electron chi connectivity index (χ4n) is 2.08. The highest BCUT2D eigenvalue weighted by Gasteiger charge is 2.12. The summed E-state index contributed by atoms with van der Waals surface area (Å²) in [7, 11) is 0. The second-order valence-corrected chi connectivity index (χ2v) is 5.35. The van der Waals surface area contributed by atoms with Crippen LogP contribution in [-0.4, -0.2) is 26.1 Å². The number of fused-ring (bicyclic) bond motifs is 1. The van der Waals surface area contributed by atoms with E-state index < -0.39 is 0 Å². The van der Waals surface area contributed by atoms with Gasteiger partial charge in [0.2, 0.25) is 0 Å². The van der Waals surface area contributed by atoms with Crippen molar-refractivity contribution in [3.63, 3.8) is 0 Å². The normalized spacial score (nSPS) is 11.1. The highest BCUT2D eigenvalue weighted by molar-refractivity contribution is 7.09. The van der Waals surface area contributed by atoms with E-state index in [1.165, 1.54) is 4.88 Å². The summed E-state index contributed by atoms with van der Waals surface area (Å²) in [5.74, 6) is 1.69. The van der Waals surface area contributed by atoms with Gasteiger partial charge >= 0.3 is 0 Å². The molecule has 0 fully saturated rings. The van der Waals surface area contributed by atoms with Crippen molar-refractivity contribution in [2.24, 2.45) is 0 Å². The van der Waals surface area contributed by atoms with Crippen LogP contribution in [0.1, 0.15) is 17.5 Å². The maximum Gasteiger partial charge on any atom is 0.254 e. The zero-order chi connectivity index (χ0) is 13.2. The van der Waals surface area contributed by atoms with Crippen molar-refractivity contribution in [3.8, 4) is 0 Å². The number of anilines is 1. The highest BCUT2D eigenvalue weighted by Crippen LogP contribution is 2.20. The third kappa shape index (κ3) is 2.31. The number of hydrogen-bond donors (Lipinski definition) is 0. The monoisotopic (exact) mass is 273 g/mol. The number of nitrogens with zero attached hydrogens (tertiary/aromatic N) is 5. The molecular formula is C13H15N5S. The predicted octanol–water partition coefficient (Wildman–Crippen LogP) is 2.52. The van der Waals surface area contributed by atoms with E-state index in [0.717, 1.165) is 24.6 Å². The molecule has 0 saturated carbocycles. The van der Waals surface area contributed by atoms with Crippen LogP contribution in [0.15, 0.2) is 29.9 Å². The third-order valence-electron chi connectivity index (χ3n) is 2.99. The Balaban J connectivity index is 2.03. The molecule has 3 aromatic heterocycles. The van der Waals surface area contributed by atoms with Crippen LogP contribution in [0, 0.1) is 6.92 Å². The SMILES string of the molecule is CCN(Cc1cccs1)c1cc(C)nc2ncnn12. The average molecular weight is 273 g/mol. The Labute approximate surface area is 115 Å². The first-order chi connectivity index (χ1) is 9.28. The zero-order valence-electron chi connectivity index (χ0n) is 10.9. The van der Waals surface area contributed by atoms with E-state index in [1.807, 2.05) is 6.92 Å². The standard InChI is InChI=1S/C13H15N5S/c1-3-17(8-11-5-4-6-19-11)12-7-10(2)16-13-14-9-15-18(12)13/h4-7,9H,3,8H2,1-2H3. The van der Waals surface area contributed by atoms with Crippen molar-refractivity contribution >= 4 is 22.9 Å². The summed E-state index contributed by atoms with van der Waals surface area (Å²) in [5.41, 5.74) is 0.958. The number of thiophene rings is 1. The molecule has 3 aromatic rings. The molecule has 3 rings (SSSR count). The molecule has 0 atom stereocenters. The molecule has 0 bridgehead atoms. The zero-order valence-corrected chi connectivity index (χ0v) is 11.8. The van der Waals surface area contributed by atoms with E-state index in [9.17, 15) is 0 Å². The summed E-state index contributed by atoms with van der Waals surface area (Å²) in [6.45, 7) is 5.92. The Bertz CT molecular complexity index is 673. The molecule has 5 nitrogen and oxygen atoms in total. The molecule has 0 spiro atoms. The van der Waals surface area contributed by atoms with Gasteiger partial charge in [0.1, 0.15) is 12.1 Å². The van der Waals surface area contributed by atoms with Gasteiger partial charge in [0, 0.05) is 23.2 Å². The number of rotatable bonds is 4. The van der Waals surface area contributed by atoms with Crippen molar-refractivity contribution in [2.75, 3.05) is 11.4 Å². The van der Waals surface area contributed by atoms with Gasteiger partial charge in [-0.2, -0.15) is 14.6 Å². The molecule has 6 heteroatoms. The largest absolute Gasteiger partial charge is 0.352 e. The van der Waals surface area contributed by atoms with Crippen LogP contribution in [0.5, 0.6) is 0 Å². The van der Waals surface area contributed by atoms with Gasteiger partial charge in [0.25, 0.3) is 5.78 Å². The van der Waals surface area contributed by atoms with E-state index >= 15 is 0 Å². The second kappa shape index (κ2) is 4.97. The predicted molar refractivity (Wildman–Crippen MR) is 76.6 cm³/mol. The maximum atomic E-state index is 4.38. The minimum atomic E-state index is 0.652. The Morgan fingerprint density at radius 3 is 3.05 bits per heavy atom. The van der Waals surface area contributed by atoms with Gasteiger partial charge in [0.05, 0.1) is 6.54 Å². The Hall–Kier alpha value is -1.95. The molecule has 0 amide bonds. The van der Waals surface area contributed by atoms with Crippen LogP contribution in [0.3, 0.4) is 0 Å². The molecule has 0 aliphatic heterocycles. The molecule has 0 aromatic carbocycles. The summed E-state index contributed by atoms with van der Waals surface area (Å²) < 4.78 is 1.80. The molecule has 0 saturated heterocycles. The van der Waals surface area contributed by atoms with Crippen LogP contribution < -0.4 is 4.90 Å². The number of aryl methyl sites for hydroxylation is 1. The lowest BCUT2D eigenvalue weighted by Crippen LogP contribution is -2.24. The third-order valence-corrected chi connectivity index (χ3v) is 3.85. The van der Waals surface area contributed by atoms with Crippen molar-refractivity contribution in [2.45, 2.75) is 20.4 Å². The first kappa shape index (κ1) is 12.1. The lowest BCUT2D eigenvalue weighted by atomic mass is 10.3. The van der Waals surface area contributed by atoms with E-state index in [-0.39, 0.29) is 0 Å². The van der Waals surface area contributed by atoms with E-state index in [2.05, 4.69) is 50.5 Å². The van der Waals surface area contributed by atoms with Gasteiger partial charge in [-0.05, 0) is 25.3 Å². The molecule has 0 unspecified atom stereocenters. The average Bonchev–Trinajstić information content (AvgIpc) is 3.05. The molecule has 19 heavy (non-hydrogen) atoms. The van der Waals surface area contributed by atoms with Crippen LogP contribution in [-0.2, 0) is 6.54 Å². The quantitative estimate of drug-likeness (QED) is 0.733. The van der Waals surface area contributed by atoms with Gasteiger partial charge in [-0.3, -0.25) is 0 Å². The summed E-state index contributed by atoms with van der Waals surface area (Å²) >= 11 is 1.77. The summed E-state index contributed by atoms with van der Waals surface area (Å²) in [4.78, 5) is 12.2. The molecule has 98 valence electrons. The second-order valence-electron chi connectivity index (χ2n) is 4.32. The first-order valence-corrected chi connectivity index (χ1v) is 7.10. The molecule has 0 aliphatic carbocycles. The van der Waals surface area contributed by atoms with Gasteiger partial charge in [-0.1, -0.05) is 6.07 Å². The molecule has 0 radical (unpaired) electrons. The van der Waals surface area contributed by atoms with Crippen LogP contribution in [0.2, 0.25) is 0 Å². The summed E-state index contributed by atoms with van der Waals surface area (Å²) in [6.07, 6.45) is 1.55. The maximum absolute atomic E-state index is 4.38. The van der Waals surface area contributed by atoms with Crippen LogP contribution in [0.25, 0.3) is 5.78 Å². The van der Waals surface area contributed by atoms with Gasteiger partial charge in [-0.25, -0.2) is 4.98 Å². The Kier molecular flexibility index (Phi) is 3.16. The fraction of sp³-hybridized carbons (Fsp3) is 0.308. The topological polar surface area (TPSA) is 46.3 Å². The van der Waals surface area contributed by atoms with Crippen molar-refractivity contribution in [1.29, 1.82) is 0 Å². The fourth-order valence-corrected chi connectivity index (χ4v) is 2.80. The first-order valence-electron chi connectivity index (χ1n) is 6.22. The van der Waals surface area contributed by atoms with Crippen LogP contribution >= 0.6 is 11.3 Å². The van der Waals surface area contributed by atoms with Gasteiger partial charge in [-0.15, -0.1) is 11.3 Å². The minimum absolute atomic E-state index is 0.652. The van der Waals surface area contributed by atoms with E-state index in [4.69, 9.17) is 0 Å². The number of aromatic nitrogens is 4. The minimum Gasteiger partial charge on any atom is -0.352 e. The smallest absolute Gasteiger partial charge is 0.254 e. The van der Waals surface area contributed by atoms with E-state index in [1.54, 1.807) is 22.2 Å². The molecule has 3 heterocycles. The van der Waals surface area contributed by atoms with Crippen molar-refractivity contribution in [1.82, 2.24) is 19.6 Å². The summed E-state index contributed by atoms with van der Waals surface area (Å²) in [5, 5.41) is 6.37. The van der Waals surface area contributed by atoms with Gasteiger partial charge in [0.15, 0.2) is 0 Å². The van der Waals surface area contributed by atoms with Gasteiger partial charge < -0.3 is 4.90 Å². The van der Waals surface area contributed by atoms with Crippen LogP contribution in [0.4, 0.5) is 5.82 Å². The number of hydrogen-bond acceptors (Lipinski definition) is 5. The van der Waals surface area contributed by atoms with Crippen molar-refractivity contribution < 1.29 is 0 Å². The molecule has 0 aliphatic rings. The van der Waals surface area contributed by atoms with E-state index in [0.29, 0.717) is 5.78 Å². The summed E-state index contributed by atoms with van der Waals surface area (Å²) in [6, 6.07) is 6.29. The Morgan fingerprint density at radius 2 is 2.32 bits per heavy atom. The lowest BCUT2D eigenvalue weighted by Gasteiger charge is -2.22. The molecular weight excluding hydrogens is 258 g/mol. The highest BCUT2D eigenvalue weighted by atomic mass is 32.1. The molecule has 0 N–H and O–H groups in total.